The van der Waals surface area contributed by atoms with Gasteiger partial charge in [-0.25, -0.2) is 4.79 Å². The molecule has 0 rings (SSSR count). The highest BCUT2D eigenvalue weighted by Crippen LogP contribution is 2.06. The Morgan fingerprint density at radius 3 is 2.75 bits per heavy atom. The van der Waals surface area contributed by atoms with Gasteiger partial charge in [0.05, 0.1) is 13.3 Å². The van der Waals surface area contributed by atoms with Crippen molar-refractivity contribution in [3.63, 3.8) is 0 Å². The molecular formula is C14H28N2O3S. The number of nitrogens with two attached hydrogens (primary N) is 1. The first-order valence-electron chi connectivity index (χ1n) is 6.90. The number of carbonyl (C=O) groups is 1. The third-order valence-corrected chi connectivity index (χ3v) is 3.70. The Kier molecular flexibility index (Phi) is 11.9. The van der Waals surface area contributed by atoms with Gasteiger partial charge in [0.2, 0.25) is 0 Å². The minimum absolute atomic E-state index is 0.265. The molecule has 0 fully saturated rings. The number of hydrogen-bond donors (Lipinski definition) is 2. The molecule has 0 aliphatic carbocycles. The molecule has 0 spiro atoms. The molecule has 0 radical (unpaired) electrons. The van der Waals surface area contributed by atoms with Crippen LogP contribution in [0.25, 0.3) is 0 Å². The number of hydrogen-bond acceptors (Lipinski definition) is 6. The van der Waals surface area contributed by atoms with Gasteiger partial charge >= 0.3 is 5.97 Å². The molecular weight excluding hydrogens is 276 g/mol. The van der Waals surface area contributed by atoms with Crippen molar-refractivity contribution in [2.24, 2.45) is 11.7 Å². The smallest absolute Gasteiger partial charge is 0.333 e. The van der Waals surface area contributed by atoms with Crippen molar-refractivity contribution in [1.29, 1.82) is 0 Å². The normalized spacial score (nSPS) is 13.8. The van der Waals surface area contributed by atoms with Crippen LogP contribution >= 0.6 is 11.8 Å². The maximum atomic E-state index is 11.3. The minimum atomic E-state index is -0.375. The van der Waals surface area contributed by atoms with E-state index in [1.807, 2.05) is 11.8 Å². The molecule has 0 saturated carbocycles. The lowest BCUT2D eigenvalue weighted by molar-refractivity contribution is -0.146. The number of nitrogens with one attached hydrogen (secondary N) is 1. The molecule has 0 amide bonds. The Morgan fingerprint density at radius 1 is 1.45 bits per heavy atom. The molecule has 0 aromatic carbocycles. The van der Waals surface area contributed by atoms with Crippen LogP contribution in [-0.2, 0) is 14.3 Å². The lowest BCUT2D eigenvalue weighted by Gasteiger charge is -2.15. The van der Waals surface area contributed by atoms with E-state index in [0.717, 1.165) is 24.6 Å². The molecule has 0 bridgehead atoms. The summed E-state index contributed by atoms with van der Waals surface area (Å²) in [5, 5.41) is 3.22. The Morgan fingerprint density at radius 2 is 2.15 bits per heavy atom. The van der Waals surface area contributed by atoms with Gasteiger partial charge in [0.25, 0.3) is 0 Å². The van der Waals surface area contributed by atoms with Gasteiger partial charge in [-0.05, 0) is 25.5 Å². The largest absolute Gasteiger partial charge is 0.457 e. The van der Waals surface area contributed by atoms with E-state index in [4.69, 9.17) is 15.2 Å². The average Bonchev–Trinajstić information content (AvgIpc) is 2.38. The van der Waals surface area contributed by atoms with Gasteiger partial charge < -0.3 is 15.2 Å². The molecule has 118 valence electrons. The Balaban J connectivity index is 3.47. The number of thioether (sulfide) groups is 1. The average molecular weight is 304 g/mol. The molecule has 0 aromatic rings. The van der Waals surface area contributed by atoms with Gasteiger partial charge in [-0.1, -0.05) is 13.5 Å². The fourth-order valence-electron chi connectivity index (χ4n) is 1.35. The van der Waals surface area contributed by atoms with E-state index in [1.54, 1.807) is 13.8 Å². The minimum Gasteiger partial charge on any atom is -0.457 e. The topological polar surface area (TPSA) is 73.6 Å². The molecule has 0 heterocycles. The molecule has 3 N–H and O–H groups in total. The van der Waals surface area contributed by atoms with Crippen molar-refractivity contribution in [2.75, 3.05) is 37.9 Å². The molecule has 0 aromatic heterocycles. The molecule has 6 heteroatoms. The number of ether oxygens (including phenoxy) is 2. The second kappa shape index (κ2) is 12.2. The summed E-state index contributed by atoms with van der Waals surface area (Å²) in [5.41, 5.74) is 5.84. The fraction of sp³-hybridized carbons (Fsp3) is 0.786. The van der Waals surface area contributed by atoms with E-state index in [0.29, 0.717) is 24.8 Å². The summed E-state index contributed by atoms with van der Waals surface area (Å²) in [6.45, 7) is 11.6. The van der Waals surface area contributed by atoms with Crippen LogP contribution in [0.4, 0.5) is 0 Å². The van der Waals surface area contributed by atoms with E-state index in [9.17, 15) is 4.79 Å². The van der Waals surface area contributed by atoms with Crippen molar-refractivity contribution in [2.45, 2.75) is 26.9 Å². The highest BCUT2D eigenvalue weighted by molar-refractivity contribution is 7.99. The van der Waals surface area contributed by atoms with Gasteiger partial charge in [-0.3, -0.25) is 5.32 Å². The van der Waals surface area contributed by atoms with E-state index in [1.165, 1.54) is 0 Å². The van der Waals surface area contributed by atoms with E-state index < -0.39 is 0 Å². The van der Waals surface area contributed by atoms with Crippen LogP contribution in [0, 0.1) is 5.92 Å². The van der Waals surface area contributed by atoms with Gasteiger partial charge in [0.1, 0.15) is 6.10 Å². The van der Waals surface area contributed by atoms with Crippen LogP contribution in [0.2, 0.25) is 0 Å². The summed E-state index contributed by atoms with van der Waals surface area (Å²) in [5.74, 6) is 2.30. The standard InChI is InChI=1S/C14H28N2O3S/c1-11(2)14(17)19-13(4)8-18-10-16-7-12(3)9-20-6-5-15/h12-13,16H,1,5-10,15H2,2-4H3. The number of rotatable bonds is 12. The summed E-state index contributed by atoms with van der Waals surface area (Å²) in [6.07, 6.45) is -0.265. The van der Waals surface area contributed by atoms with Crippen LogP contribution in [0.5, 0.6) is 0 Å². The van der Waals surface area contributed by atoms with Crippen LogP contribution in [0.15, 0.2) is 12.2 Å². The SMILES string of the molecule is C=C(C)C(=O)OC(C)COCNCC(C)CSCCN. The lowest BCUT2D eigenvalue weighted by Crippen LogP contribution is -2.28. The van der Waals surface area contributed by atoms with Crippen molar-refractivity contribution >= 4 is 17.7 Å². The predicted molar refractivity (Wildman–Crippen MR) is 84.7 cm³/mol. The first-order chi connectivity index (χ1) is 9.47. The van der Waals surface area contributed by atoms with Gasteiger partial charge in [0, 0.05) is 24.4 Å². The quantitative estimate of drug-likeness (QED) is 0.246. The Bertz CT molecular complexity index is 288. The molecule has 2 atom stereocenters. The van der Waals surface area contributed by atoms with E-state index in [-0.39, 0.29) is 12.1 Å². The van der Waals surface area contributed by atoms with E-state index >= 15 is 0 Å². The van der Waals surface area contributed by atoms with Gasteiger partial charge in [-0.2, -0.15) is 11.8 Å². The van der Waals surface area contributed by atoms with Gasteiger partial charge in [-0.15, -0.1) is 0 Å². The van der Waals surface area contributed by atoms with Crippen molar-refractivity contribution in [1.82, 2.24) is 5.32 Å². The predicted octanol–water partition coefficient (Wildman–Crippen LogP) is 1.39. The summed E-state index contributed by atoms with van der Waals surface area (Å²) < 4.78 is 10.5. The zero-order valence-corrected chi connectivity index (χ0v) is 13.6. The van der Waals surface area contributed by atoms with Crippen LogP contribution in [-0.4, -0.2) is 50.0 Å². The summed E-state index contributed by atoms with van der Waals surface area (Å²) in [6, 6.07) is 0. The third-order valence-electron chi connectivity index (χ3n) is 2.37. The highest BCUT2D eigenvalue weighted by atomic mass is 32.2. The monoisotopic (exact) mass is 304 g/mol. The van der Waals surface area contributed by atoms with Gasteiger partial charge in [0.15, 0.2) is 0 Å². The summed E-state index contributed by atoms with van der Waals surface area (Å²) in [7, 11) is 0. The maximum Gasteiger partial charge on any atom is 0.333 e. The molecule has 5 nitrogen and oxygen atoms in total. The third kappa shape index (κ3) is 11.3. The van der Waals surface area contributed by atoms with Crippen LogP contribution in [0.1, 0.15) is 20.8 Å². The first kappa shape index (κ1) is 19.4. The van der Waals surface area contributed by atoms with Crippen molar-refractivity contribution in [3.05, 3.63) is 12.2 Å². The second-order valence-corrected chi connectivity index (χ2v) is 6.08. The van der Waals surface area contributed by atoms with Crippen LogP contribution in [0.3, 0.4) is 0 Å². The number of carbonyl (C=O) groups excluding carboxylic acids is 1. The Hall–Kier alpha value is -0.560. The maximum absolute atomic E-state index is 11.3. The molecule has 0 aliphatic rings. The first-order valence-corrected chi connectivity index (χ1v) is 8.05. The van der Waals surface area contributed by atoms with Crippen molar-refractivity contribution < 1.29 is 14.3 Å². The zero-order chi connectivity index (χ0) is 15.4. The second-order valence-electron chi connectivity index (χ2n) is 4.93. The zero-order valence-electron chi connectivity index (χ0n) is 12.8. The van der Waals surface area contributed by atoms with Crippen molar-refractivity contribution in [3.8, 4) is 0 Å². The molecule has 0 saturated heterocycles. The summed E-state index contributed by atoms with van der Waals surface area (Å²) in [4.78, 5) is 11.3. The molecule has 2 unspecified atom stereocenters. The fourth-order valence-corrected chi connectivity index (χ4v) is 2.20. The molecule has 0 aliphatic heterocycles. The Labute approximate surface area is 126 Å². The summed E-state index contributed by atoms with van der Waals surface area (Å²) >= 11 is 1.87. The highest BCUT2D eigenvalue weighted by Gasteiger charge is 2.09. The molecule has 20 heavy (non-hydrogen) atoms. The number of esters is 1. The van der Waals surface area contributed by atoms with Crippen LogP contribution < -0.4 is 11.1 Å². The van der Waals surface area contributed by atoms with E-state index in [2.05, 4.69) is 18.8 Å². The lowest BCUT2D eigenvalue weighted by atomic mass is 10.2.